The molecular weight excluding hydrogens is 211 g/mol. The van der Waals surface area contributed by atoms with Gasteiger partial charge in [-0.25, -0.2) is 9.18 Å². The summed E-state index contributed by atoms with van der Waals surface area (Å²) in [4.78, 5) is 11.5. The van der Waals surface area contributed by atoms with Crippen molar-refractivity contribution in [3.63, 3.8) is 0 Å². The van der Waals surface area contributed by atoms with Gasteiger partial charge in [-0.15, -0.1) is 0 Å². The Bertz CT molecular complexity index is 587. The van der Waals surface area contributed by atoms with Crippen molar-refractivity contribution < 1.29 is 13.5 Å². The molecule has 4 heteroatoms. The van der Waals surface area contributed by atoms with Crippen LogP contribution in [0.5, 0.6) is 5.75 Å². The summed E-state index contributed by atoms with van der Waals surface area (Å²) in [6, 6.07) is 4.78. The molecule has 2 aromatic rings. The molecule has 0 aliphatic rings. The van der Waals surface area contributed by atoms with Crippen LogP contribution in [0.15, 0.2) is 27.4 Å². The second kappa shape index (κ2) is 3.96. The van der Waals surface area contributed by atoms with Crippen LogP contribution in [0.2, 0.25) is 0 Å². The molecule has 2 rings (SSSR count). The first kappa shape index (κ1) is 10.7. The van der Waals surface area contributed by atoms with Crippen molar-refractivity contribution in [2.45, 2.75) is 13.8 Å². The first-order chi connectivity index (χ1) is 7.63. The molecule has 0 bridgehead atoms. The minimum atomic E-state index is -0.672. The van der Waals surface area contributed by atoms with Crippen molar-refractivity contribution >= 4 is 10.8 Å². The van der Waals surface area contributed by atoms with E-state index in [0.717, 1.165) is 0 Å². The third kappa shape index (κ3) is 1.66. The Morgan fingerprint density at radius 2 is 2.19 bits per heavy atom. The predicted octanol–water partition coefficient (Wildman–Crippen LogP) is 2.64. The Kier molecular flexibility index (Phi) is 2.64. The normalized spacial score (nSPS) is 10.7. The molecule has 0 radical (unpaired) electrons. The summed E-state index contributed by atoms with van der Waals surface area (Å²) >= 11 is 0. The Hall–Kier alpha value is -1.84. The highest BCUT2D eigenvalue weighted by molar-refractivity contribution is 5.83. The monoisotopic (exact) mass is 222 g/mol. The van der Waals surface area contributed by atoms with Crippen LogP contribution < -0.4 is 10.4 Å². The molecule has 3 nitrogen and oxygen atoms in total. The number of halogens is 1. The van der Waals surface area contributed by atoms with Crippen LogP contribution in [0, 0.1) is 12.7 Å². The second-order valence-corrected chi connectivity index (χ2v) is 3.42. The lowest BCUT2D eigenvalue weighted by Gasteiger charge is -2.06. The van der Waals surface area contributed by atoms with Gasteiger partial charge in [0.2, 0.25) is 0 Å². The largest absolute Gasteiger partial charge is 0.491 e. The molecule has 1 heterocycles. The Labute approximate surface area is 91.5 Å². The number of fused-ring (bicyclic) bond motifs is 1. The van der Waals surface area contributed by atoms with Gasteiger partial charge in [-0.1, -0.05) is 6.07 Å². The molecule has 0 saturated carbocycles. The average Bonchev–Trinajstić information content (AvgIpc) is 2.21. The van der Waals surface area contributed by atoms with Gasteiger partial charge in [0.25, 0.3) is 0 Å². The summed E-state index contributed by atoms with van der Waals surface area (Å²) in [6.07, 6.45) is 0. The summed E-state index contributed by atoms with van der Waals surface area (Å²) in [5.41, 5.74) is -0.672. The fourth-order valence-corrected chi connectivity index (χ4v) is 1.61. The number of benzene rings is 1. The summed E-state index contributed by atoms with van der Waals surface area (Å²) in [5, 5.41) is 0.464. The maximum absolute atomic E-state index is 13.9. The fourth-order valence-electron chi connectivity index (χ4n) is 1.61. The lowest BCUT2D eigenvalue weighted by Crippen LogP contribution is -2.05. The van der Waals surface area contributed by atoms with E-state index in [-0.39, 0.29) is 11.1 Å². The predicted molar refractivity (Wildman–Crippen MR) is 58.3 cm³/mol. The van der Waals surface area contributed by atoms with Gasteiger partial charge < -0.3 is 9.15 Å². The van der Waals surface area contributed by atoms with E-state index in [0.29, 0.717) is 17.8 Å². The van der Waals surface area contributed by atoms with Crippen molar-refractivity contribution in [2.75, 3.05) is 6.61 Å². The van der Waals surface area contributed by atoms with Gasteiger partial charge in [-0.3, -0.25) is 0 Å². The number of hydrogen-bond donors (Lipinski definition) is 0. The summed E-state index contributed by atoms with van der Waals surface area (Å²) < 4.78 is 23.8. The molecule has 0 N–H and O–H groups in total. The van der Waals surface area contributed by atoms with Crippen LogP contribution in [0.3, 0.4) is 0 Å². The number of hydrogen-bond acceptors (Lipinski definition) is 3. The zero-order valence-corrected chi connectivity index (χ0v) is 9.04. The standard InChI is InChI=1S/C12H11FO3/c1-3-15-9-5-4-8-6-7(2)16-12(14)10(8)11(9)13/h4-6H,3H2,1-2H3. The zero-order chi connectivity index (χ0) is 11.7. The van der Waals surface area contributed by atoms with Gasteiger partial charge in [-0.05, 0) is 31.4 Å². The highest BCUT2D eigenvalue weighted by Crippen LogP contribution is 2.24. The van der Waals surface area contributed by atoms with E-state index in [1.807, 2.05) is 0 Å². The zero-order valence-electron chi connectivity index (χ0n) is 9.04. The quantitative estimate of drug-likeness (QED) is 0.784. The smallest absolute Gasteiger partial charge is 0.346 e. The minimum absolute atomic E-state index is 0.0587. The average molecular weight is 222 g/mol. The van der Waals surface area contributed by atoms with Gasteiger partial charge in [0, 0.05) is 0 Å². The van der Waals surface area contributed by atoms with Crippen molar-refractivity contribution in [2.24, 2.45) is 0 Å². The Morgan fingerprint density at radius 3 is 2.88 bits per heavy atom. The Balaban J connectivity index is 2.79. The van der Waals surface area contributed by atoms with Crippen molar-refractivity contribution in [3.05, 3.63) is 40.2 Å². The van der Waals surface area contributed by atoms with Crippen molar-refractivity contribution in [1.29, 1.82) is 0 Å². The third-order valence-corrected chi connectivity index (χ3v) is 2.26. The first-order valence-electron chi connectivity index (χ1n) is 4.99. The molecule has 0 saturated heterocycles. The lowest BCUT2D eigenvalue weighted by atomic mass is 10.1. The molecule has 16 heavy (non-hydrogen) atoms. The van der Waals surface area contributed by atoms with E-state index < -0.39 is 11.4 Å². The van der Waals surface area contributed by atoms with E-state index >= 15 is 0 Å². The van der Waals surface area contributed by atoms with E-state index in [9.17, 15) is 9.18 Å². The van der Waals surface area contributed by atoms with Crippen LogP contribution in [0.25, 0.3) is 10.8 Å². The molecule has 0 atom stereocenters. The van der Waals surface area contributed by atoms with Gasteiger partial charge in [0.05, 0.1) is 6.61 Å². The topological polar surface area (TPSA) is 39.4 Å². The highest BCUT2D eigenvalue weighted by atomic mass is 19.1. The number of rotatable bonds is 2. The molecule has 0 fully saturated rings. The first-order valence-corrected chi connectivity index (χ1v) is 4.99. The summed E-state index contributed by atoms with van der Waals surface area (Å²) in [7, 11) is 0. The fraction of sp³-hybridized carbons (Fsp3) is 0.250. The molecular formula is C12H11FO3. The van der Waals surface area contributed by atoms with Crippen LogP contribution >= 0.6 is 0 Å². The van der Waals surface area contributed by atoms with E-state index in [2.05, 4.69) is 0 Å². The maximum atomic E-state index is 13.9. The summed E-state index contributed by atoms with van der Waals surface area (Å²) in [6.45, 7) is 3.75. The lowest BCUT2D eigenvalue weighted by molar-refractivity contribution is 0.322. The van der Waals surface area contributed by atoms with Crippen LogP contribution in [0.4, 0.5) is 4.39 Å². The van der Waals surface area contributed by atoms with E-state index in [1.54, 1.807) is 26.0 Å². The van der Waals surface area contributed by atoms with Crippen molar-refractivity contribution in [1.82, 2.24) is 0 Å². The van der Waals surface area contributed by atoms with Gasteiger partial charge >= 0.3 is 5.63 Å². The third-order valence-electron chi connectivity index (χ3n) is 2.26. The molecule has 0 amide bonds. The van der Waals surface area contributed by atoms with Crippen LogP contribution in [-0.4, -0.2) is 6.61 Å². The van der Waals surface area contributed by atoms with Crippen molar-refractivity contribution in [3.8, 4) is 5.75 Å². The van der Waals surface area contributed by atoms with Gasteiger partial charge in [0.15, 0.2) is 11.6 Å². The highest BCUT2D eigenvalue weighted by Gasteiger charge is 2.12. The SMILES string of the molecule is CCOc1ccc2cc(C)oc(=O)c2c1F. The number of ether oxygens (including phenoxy) is 1. The number of aryl methyl sites for hydroxylation is 1. The maximum Gasteiger partial charge on any atom is 0.346 e. The van der Waals surface area contributed by atoms with Crippen LogP contribution in [-0.2, 0) is 0 Å². The van der Waals surface area contributed by atoms with E-state index in [1.165, 1.54) is 6.07 Å². The molecule has 0 aliphatic heterocycles. The Morgan fingerprint density at radius 1 is 1.44 bits per heavy atom. The molecule has 0 aliphatic carbocycles. The molecule has 0 unspecified atom stereocenters. The van der Waals surface area contributed by atoms with Gasteiger partial charge in [-0.2, -0.15) is 0 Å². The van der Waals surface area contributed by atoms with E-state index in [4.69, 9.17) is 9.15 Å². The molecule has 84 valence electrons. The summed E-state index contributed by atoms with van der Waals surface area (Å²) in [5.74, 6) is -0.125. The van der Waals surface area contributed by atoms with Crippen LogP contribution in [0.1, 0.15) is 12.7 Å². The second-order valence-electron chi connectivity index (χ2n) is 3.42. The van der Waals surface area contributed by atoms with Gasteiger partial charge in [0.1, 0.15) is 11.1 Å². The molecule has 1 aromatic carbocycles. The minimum Gasteiger partial charge on any atom is -0.491 e. The molecule has 0 spiro atoms. The molecule has 1 aromatic heterocycles.